The summed E-state index contributed by atoms with van der Waals surface area (Å²) in [6, 6.07) is 9.58. The minimum absolute atomic E-state index is 0.162. The molecule has 1 atom stereocenters. The predicted octanol–water partition coefficient (Wildman–Crippen LogP) is 1.55. The third kappa shape index (κ3) is 4.77. The Kier molecular flexibility index (Phi) is 5.88. The number of amides is 2. The molecule has 0 fully saturated rings. The van der Waals surface area contributed by atoms with E-state index in [0.29, 0.717) is 5.56 Å². The molecule has 7 nitrogen and oxygen atoms in total. The second kappa shape index (κ2) is 7.89. The number of nitrogens with zero attached hydrogens (tertiary/aromatic N) is 1. The molecule has 128 valence electrons. The minimum Gasteiger partial charge on any atom is -0.334 e. The van der Waals surface area contributed by atoms with Crippen molar-refractivity contribution in [2.45, 2.75) is 24.4 Å². The van der Waals surface area contributed by atoms with Crippen LogP contribution in [0.25, 0.3) is 0 Å². The van der Waals surface area contributed by atoms with Crippen molar-refractivity contribution in [3.05, 3.63) is 59.9 Å². The van der Waals surface area contributed by atoms with E-state index in [-0.39, 0.29) is 23.5 Å². The molecule has 2 rings (SSSR count). The van der Waals surface area contributed by atoms with Crippen LogP contribution in [-0.4, -0.2) is 26.5 Å². The van der Waals surface area contributed by atoms with Gasteiger partial charge in [0.2, 0.25) is 10.0 Å². The van der Waals surface area contributed by atoms with Crippen LogP contribution >= 0.6 is 0 Å². The standard InChI is InChI=1S/C16H20N4O3S/c1-12(14-6-8-18-9-7-14)20-16(21)19-11-13-4-3-5-15(10-13)24(22,23)17-2/h3-10,12,17H,11H2,1-2H3,(H2,19,20,21). The zero-order valence-electron chi connectivity index (χ0n) is 13.5. The molecule has 0 aliphatic rings. The van der Waals surface area contributed by atoms with Crippen molar-refractivity contribution in [1.29, 1.82) is 0 Å². The summed E-state index contributed by atoms with van der Waals surface area (Å²) < 4.78 is 25.8. The van der Waals surface area contributed by atoms with Gasteiger partial charge < -0.3 is 10.6 Å². The number of carbonyl (C=O) groups is 1. The summed E-state index contributed by atoms with van der Waals surface area (Å²) in [4.78, 5) is 16.1. The SMILES string of the molecule is CNS(=O)(=O)c1cccc(CNC(=O)NC(C)c2ccncc2)c1. The molecule has 24 heavy (non-hydrogen) atoms. The first-order valence-electron chi connectivity index (χ1n) is 7.39. The van der Waals surface area contributed by atoms with Gasteiger partial charge in [-0.3, -0.25) is 4.98 Å². The summed E-state index contributed by atoms with van der Waals surface area (Å²) >= 11 is 0. The highest BCUT2D eigenvalue weighted by molar-refractivity contribution is 7.89. The Morgan fingerprint density at radius 3 is 2.58 bits per heavy atom. The number of benzene rings is 1. The van der Waals surface area contributed by atoms with E-state index in [0.717, 1.165) is 5.56 Å². The van der Waals surface area contributed by atoms with Crippen molar-refractivity contribution in [1.82, 2.24) is 20.3 Å². The molecule has 1 unspecified atom stereocenters. The van der Waals surface area contributed by atoms with Gasteiger partial charge in [0.25, 0.3) is 0 Å². The predicted molar refractivity (Wildman–Crippen MR) is 90.7 cm³/mol. The fourth-order valence-electron chi connectivity index (χ4n) is 2.11. The monoisotopic (exact) mass is 348 g/mol. The van der Waals surface area contributed by atoms with Crippen LogP contribution in [0.15, 0.2) is 53.7 Å². The number of pyridine rings is 1. The minimum atomic E-state index is -3.50. The normalized spacial score (nSPS) is 12.4. The molecule has 0 saturated heterocycles. The number of sulfonamides is 1. The zero-order chi connectivity index (χ0) is 17.6. The van der Waals surface area contributed by atoms with E-state index in [1.54, 1.807) is 24.5 Å². The molecule has 0 radical (unpaired) electrons. The van der Waals surface area contributed by atoms with Crippen LogP contribution in [0.1, 0.15) is 24.1 Å². The summed E-state index contributed by atoms with van der Waals surface area (Å²) in [5, 5.41) is 5.53. The number of hydrogen-bond acceptors (Lipinski definition) is 4. The van der Waals surface area contributed by atoms with Crippen LogP contribution in [0, 0.1) is 0 Å². The molecule has 0 bridgehead atoms. The lowest BCUT2D eigenvalue weighted by molar-refractivity contribution is 0.237. The average Bonchev–Trinajstić information content (AvgIpc) is 2.61. The number of urea groups is 1. The van der Waals surface area contributed by atoms with Gasteiger partial charge in [-0.1, -0.05) is 12.1 Å². The molecule has 0 aliphatic heterocycles. The Hall–Kier alpha value is -2.45. The molecule has 2 aromatic rings. The van der Waals surface area contributed by atoms with Crippen molar-refractivity contribution >= 4 is 16.1 Å². The van der Waals surface area contributed by atoms with Crippen LogP contribution < -0.4 is 15.4 Å². The molecule has 1 aromatic heterocycles. The van der Waals surface area contributed by atoms with Gasteiger partial charge >= 0.3 is 6.03 Å². The maximum absolute atomic E-state index is 12.0. The first kappa shape index (κ1) is 17.9. The topological polar surface area (TPSA) is 100 Å². The molecular formula is C16H20N4O3S. The highest BCUT2D eigenvalue weighted by Crippen LogP contribution is 2.12. The van der Waals surface area contributed by atoms with Gasteiger partial charge in [-0.05, 0) is 49.4 Å². The summed E-state index contributed by atoms with van der Waals surface area (Å²) in [6.07, 6.45) is 3.33. The van der Waals surface area contributed by atoms with Crippen molar-refractivity contribution in [3.8, 4) is 0 Å². The van der Waals surface area contributed by atoms with E-state index in [4.69, 9.17) is 0 Å². The molecule has 1 heterocycles. The van der Waals surface area contributed by atoms with Gasteiger partial charge in [-0.25, -0.2) is 17.9 Å². The fraction of sp³-hybridized carbons (Fsp3) is 0.250. The molecule has 3 N–H and O–H groups in total. The lowest BCUT2D eigenvalue weighted by Crippen LogP contribution is -2.36. The first-order valence-corrected chi connectivity index (χ1v) is 8.87. The highest BCUT2D eigenvalue weighted by atomic mass is 32.2. The van der Waals surface area contributed by atoms with Crippen molar-refractivity contribution in [2.75, 3.05) is 7.05 Å². The summed E-state index contributed by atoms with van der Waals surface area (Å²) in [5.74, 6) is 0. The highest BCUT2D eigenvalue weighted by Gasteiger charge is 2.12. The van der Waals surface area contributed by atoms with E-state index in [9.17, 15) is 13.2 Å². The lowest BCUT2D eigenvalue weighted by atomic mass is 10.1. The maximum Gasteiger partial charge on any atom is 0.315 e. The molecule has 0 aliphatic carbocycles. The number of rotatable bonds is 6. The van der Waals surface area contributed by atoms with E-state index >= 15 is 0 Å². The van der Waals surface area contributed by atoms with Crippen LogP contribution in [0.5, 0.6) is 0 Å². The summed E-state index contributed by atoms with van der Waals surface area (Å²) in [7, 11) is -2.14. The molecule has 0 saturated carbocycles. The smallest absolute Gasteiger partial charge is 0.315 e. The van der Waals surface area contributed by atoms with Gasteiger partial charge in [0.15, 0.2) is 0 Å². The fourth-order valence-corrected chi connectivity index (χ4v) is 2.91. The van der Waals surface area contributed by atoms with Crippen molar-refractivity contribution in [2.24, 2.45) is 0 Å². The number of aromatic nitrogens is 1. The van der Waals surface area contributed by atoms with Gasteiger partial charge in [0, 0.05) is 18.9 Å². The Morgan fingerprint density at radius 1 is 1.21 bits per heavy atom. The van der Waals surface area contributed by atoms with Crippen LogP contribution in [-0.2, 0) is 16.6 Å². The van der Waals surface area contributed by atoms with Crippen LogP contribution in [0.2, 0.25) is 0 Å². The number of carbonyl (C=O) groups excluding carboxylic acids is 1. The van der Waals surface area contributed by atoms with Crippen LogP contribution in [0.4, 0.5) is 4.79 Å². The van der Waals surface area contributed by atoms with E-state index < -0.39 is 10.0 Å². The van der Waals surface area contributed by atoms with Crippen molar-refractivity contribution in [3.63, 3.8) is 0 Å². The Labute approximate surface area is 141 Å². The number of hydrogen-bond donors (Lipinski definition) is 3. The quantitative estimate of drug-likeness (QED) is 0.737. The third-order valence-corrected chi connectivity index (χ3v) is 4.90. The van der Waals surface area contributed by atoms with Gasteiger partial charge in [0.05, 0.1) is 10.9 Å². The molecule has 1 aromatic carbocycles. The van der Waals surface area contributed by atoms with Gasteiger partial charge in [-0.15, -0.1) is 0 Å². The molecule has 8 heteroatoms. The second-order valence-corrected chi connectivity index (χ2v) is 7.07. The number of nitrogens with one attached hydrogen (secondary N) is 3. The van der Waals surface area contributed by atoms with E-state index in [1.165, 1.54) is 19.2 Å². The largest absolute Gasteiger partial charge is 0.334 e. The third-order valence-electron chi connectivity index (χ3n) is 3.48. The Balaban J connectivity index is 1.94. The Bertz CT molecular complexity index is 794. The zero-order valence-corrected chi connectivity index (χ0v) is 14.3. The van der Waals surface area contributed by atoms with E-state index in [1.807, 2.05) is 19.1 Å². The van der Waals surface area contributed by atoms with Gasteiger partial charge in [0.1, 0.15) is 0 Å². The summed E-state index contributed by atoms with van der Waals surface area (Å²) in [6.45, 7) is 2.09. The lowest BCUT2D eigenvalue weighted by Gasteiger charge is -2.15. The van der Waals surface area contributed by atoms with Crippen LogP contribution in [0.3, 0.4) is 0 Å². The first-order chi connectivity index (χ1) is 11.4. The molecular weight excluding hydrogens is 328 g/mol. The van der Waals surface area contributed by atoms with Gasteiger partial charge in [-0.2, -0.15) is 0 Å². The van der Waals surface area contributed by atoms with E-state index in [2.05, 4.69) is 20.3 Å². The summed E-state index contributed by atoms with van der Waals surface area (Å²) in [5.41, 5.74) is 1.64. The average molecular weight is 348 g/mol. The Morgan fingerprint density at radius 2 is 1.92 bits per heavy atom. The molecule has 2 amide bonds. The molecule has 0 spiro atoms. The second-order valence-electron chi connectivity index (χ2n) is 5.18. The van der Waals surface area contributed by atoms with Crippen molar-refractivity contribution < 1.29 is 13.2 Å². The maximum atomic E-state index is 12.0.